The number of rotatable bonds is 3. The smallest absolute Gasteiger partial charge is 0.221 e. The first-order chi connectivity index (χ1) is 5.59. The molecule has 4 heteroatoms. The molecule has 1 rings (SSSR count). The molecule has 1 heterocycles. The summed E-state index contributed by atoms with van der Waals surface area (Å²) in [4.78, 5) is 12.8. The molecule has 1 saturated heterocycles. The summed E-state index contributed by atoms with van der Waals surface area (Å²) in [6.07, 6.45) is 0.513. The van der Waals surface area contributed by atoms with Crippen LogP contribution in [0.15, 0.2) is 0 Å². The van der Waals surface area contributed by atoms with Gasteiger partial charge >= 0.3 is 0 Å². The highest BCUT2D eigenvalue weighted by Gasteiger charge is 2.26. The van der Waals surface area contributed by atoms with Crippen LogP contribution < -0.4 is 5.73 Å². The van der Waals surface area contributed by atoms with Crippen LogP contribution >= 0.6 is 0 Å². The van der Waals surface area contributed by atoms with Crippen LogP contribution in [0, 0.1) is 5.92 Å². The first-order valence-corrected chi connectivity index (χ1v) is 4.29. The van der Waals surface area contributed by atoms with Gasteiger partial charge in [0, 0.05) is 13.1 Å². The number of likely N-dealkylation sites (tertiary alicyclic amines) is 1. The molecule has 3 N–H and O–H groups in total. The number of carbonyl (C=O) groups excluding carboxylic acids is 1. The summed E-state index contributed by atoms with van der Waals surface area (Å²) < 4.78 is 0. The predicted octanol–water partition coefficient (Wildman–Crippen LogP) is -0.826. The molecule has 0 aromatic carbocycles. The molecule has 1 aliphatic rings. The minimum absolute atomic E-state index is 0.0104. The molecule has 2 unspecified atom stereocenters. The summed E-state index contributed by atoms with van der Waals surface area (Å²) in [6, 6.07) is 0. The van der Waals surface area contributed by atoms with Crippen molar-refractivity contribution in [2.75, 3.05) is 19.6 Å². The van der Waals surface area contributed by atoms with Crippen molar-refractivity contribution in [3.63, 3.8) is 0 Å². The van der Waals surface area contributed by atoms with Crippen molar-refractivity contribution in [2.24, 2.45) is 11.7 Å². The number of hydrogen-bond donors (Lipinski definition) is 2. The zero-order valence-electron chi connectivity index (χ0n) is 7.36. The SMILES string of the molecule is CC(O)CN1CCC(C(N)=O)C1. The van der Waals surface area contributed by atoms with E-state index in [0.29, 0.717) is 13.1 Å². The van der Waals surface area contributed by atoms with Gasteiger partial charge in [0.15, 0.2) is 0 Å². The third-order valence-electron chi connectivity index (χ3n) is 2.20. The van der Waals surface area contributed by atoms with Crippen molar-refractivity contribution in [2.45, 2.75) is 19.4 Å². The van der Waals surface area contributed by atoms with Gasteiger partial charge in [0.25, 0.3) is 0 Å². The van der Waals surface area contributed by atoms with Gasteiger partial charge in [-0.2, -0.15) is 0 Å². The zero-order valence-corrected chi connectivity index (χ0v) is 7.36. The highest BCUT2D eigenvalue weighted by atomic mass is 16.3. The molecule has 0 aromatic rings. The third-order valence-corrected chi connectivity index (χ3v) is 2.20. The second-order valence-electron chi connectivity index (χ2n) is 3.50. The summed E-state index contributed by atoms with van der Waals surface area (Å²) in [5, 5.41) is 9.08. The van der Waals surface area contributed by atoms with Gasteiger partial charge in [-0.05, 0) is 19.9 Å². The maximum atomic E-state index is 10.8. The van der Waals surface area contributed by atoms with E-state index in [1.54, 1.807) is 6.92 Å². The summed E-state index contributed by atoms with van der Waals surface area (Å²) >= 11 is 0. The minimum atomic E-state index is -0.323. The number of aliphatic hydroxyl groups is 1. The van der Waals surface area contributed by atoms with Crippen LogP contribution in [0.1, 0.15) is 13.3 Å². The number of aliphatic hydroxyl groups excluding tert-OH is 1. The first-order valence-electron chi connectivity index (χ1n) is 4.29. The van der Waals surface area contributed by atoms with Gasteiger partial charge < -0.3 is 10.8 Å². The number of primary amides is 1. The van der Waals surface area contributed by atoms with E-state index in [2.05, 4.69) is 4.90 Å². The van der Waals surface area contributed by atoms with E-state index >= 15 is 0 Å². The summed E-state index contributed by atoms with van der Waals surface area (Å²) in [6.45, 7) is 3.97. The van der Waals surface area contributed by atoms with Gasteiger partial charge in [0.1, 0.15) is 0 Å². The molecule has 0 saturated carbocycles. The molecule has 0 aromatic heterocycles. The average molecular weight is 172 g/mol. The Hall–Kier alpha value is -0.610. The van der Waals surface area contributed by atoms with Crippen LogP contribution in [0.3, 0.4) is 0 Å². The number of hydrogen-bond acceptors (Lipinski definition) is 3. The quantitative estimate of drug-likeness (QED) is 0.584. The molecule has 0 bridgehead atoms. The van der Waals surface area contributed by atoms with E-state index in [0.717, 1.165) is 13.0 Å². The van der Waals surface area contributed by atoms with Gasteiger partial charge in [-0.15, -0.1) is 0 Å². The molecule has 1 aliphatic heterocycles. The fourth-order valence-corrected chi connectivity index (χ4v) is 1.60. The van der Waals surface area contributed by atoms with Gasteiger partial charge in [0.05, 0.1) is 12.0 Å². The molecule has 0 aliphatic carbocycles. The normalized spacial score (nSPS) is 27.3. The average Bonchev–Trinajstić information content (AvgIpc) is 2.34. The van der Waals surface area contributed by atoms with Crippen LogP contribution in [0.25, 0.3) is 0 Å². The fourth-order valence-electron chi connectivity index (χ4n) is 1.60. The Bertz CT molecular complexity index is 170. The van der Waals surface area contributed by atoms with Gasteiger partial charge in [-0.1, -0.05) is 0 Å². The van der Waals surface area contributed by atoms with Crippen LogP contribution in [0.5, 0.6) is 0 Å². The van der Waals surface area contributed by atoms with E-state index in [1.165, 1.54) is 0 Å². The van der Waals surface area contributed by atoms with Gasteiger partial charge in [-0.25, -0.2) is 0 Å². The van der Waals surface area contributed by atoms with Crippen LogP contribution in [-0.2, 0) is 4.79 Å². The van der Waals surface area contributed by atoms with E-state index < -0.39 is 0 Å². The first kappa shape index (κ1) is 9.48. The summed E-state index contributed by atoms with van der Waals surface area (Å²) in [5.74, 6) is -0.230. The van der Waals surface area contributed by atoms with Crippen molar-refractivity contribution >= 4 is 5.91 Å². The lowest BCUT2D eigenvalue weighted by Crippen LogP contribution is -2.31. The molecule has 4 nitrogen and oxygen atoms in total. The molecule has 1 fully saturated rings. The van der Waals surface area contributed by atoms with Crippen molar-refractivity contribution in [3.05, 3.63) is 0 Å². The maximum absolute atomic E-state index is 10.8. The lowest BCUT2D eigenvalue weighted by atomic mass is 10.1. The number of nitrogens with zero attached hydrogens (tertiary/aromatic N) is 1. The maximum Gasteiger partial charge on any atom is 0.221 e. The lowest BCUT2D eigenvalue weighted by molar-refractivity contribution is -0.121. The largest absolute Gasteiger partial charge is 0.392 e. The van der Waals surface area contributed by atoms with E-state index in [1.807, 2.05) is 0 Å². The minimum Gasteiger partial charge on any atom is -0.392 e. The summed E-state index contributed by atoms with van der Waals surface area (Å²) in [7, 11) is 0. The Morgan fingerprint density at radius 3 is 2.92 bits per heavy atom. The Labute approximate surface area is 72.3 Å². The molecule has 2 atom stereocenters. The van der Waals surface area contributed by atoms with E-state index in [4.69, 9.17) is 10.8 Å². The van der Waals surface area contributed by atoms with Crippen LogP contribution in [0.2, 0.25) is 0 Å². The fraction of sp³-hybridized carbons (Fsp3) is 0.875. The number of amides is 1. The Kier molecular flexibility index (Phi) is 3.05. The zero-order chi connectivity index (χ0) is 9.14. The summed E-state index contributed by atoms with van der Waals surface area (Å²) in [5.41, 5.74) is 5.16. The highest BCUT2D eigenvalue weighted by Crippen LogP contribution is 2.15. The molecule has 0 spiro atoms. The molecule has 70 valence electrons. The predicted molar refractivity (Wildman–Crippen MR) is 45.4 cm³/mol. The molecule has 0 radical (unpaired) electrons. The van der Waals surface area contributed by atoms with Crippen molar-refractivity contribution < 1.29 is 9.90 Å². The lowest BCUT2D eigenvalue weighted by Gasteiger charge is -2.16. The standard InChI is InChI=1S/C8H16N2O2/c1-6(11)4-10-3-2-7(5-10)8(9)12/h6-7,11H,2-5H2,1H3,(H2,9,12). The second kappa shape index (κ2) is 3.87. The second-order valence-corrected chi connectivity index (χ2v) is 3.50. The van der Waals surface area contributed by atoms with Gasteiger partial charge in [-0.3, -0.25) is 9.69 Å². The third kappa shape index (κ3) is 2.46. The molecule has 12 heavy (non-hydrogen) atoms. The Morgan fingerprint density at radius 2 is 2.50 bits per heavy atom. The van der Waals surface area contributed by atoms with Crippen molar-refractivity contribution in [3.8, 4) is 0 Å². The number of nitrogens with two attached hydrogens (primary N) is 1. The Balaban J connectivity index is 2.30. The Morgan fingerprint density at radius 1 is 1.83 bits per heavy atom. The monoisotopic (exact) mass is 172 g/mol. The highest BCUT2D eigenvalue weighted by molar-refractivity contribution is 5.77. The van der Waals surface area contributed by atoms with Crippen LogP contribution in [-0.4, -0.2) is 41.7 Å². The molecular formula is C8H16N2O2. The van der Waals surface area contributed by atoms with Crippen molar-refractivity contribution in [1.82, 2.24) is 4.90 Å². The van der Waals surface area contributed by atoms with Crippen molar-refractivity contribution in [1.29, 1.82) is 0 Å². The van der Waals surface area contributed by atoms with Crippen LogP contribution in [0.4, 0.5) is 0 Å². The molecular weight excluding hydrogens is 156 g/mol. The van der Waals surface area contributed by atoms with E-state index in [9.17, 15) is 4.79 Å². The van der Waals surface area contributed by atoms with Gasteiger partial charge in [0.2, 0.25) is 5.91 Å². The topological polar surface area (TPSA) is 66.6 Å². The number of carbonyl (C=O) groups is 1. The molecule has 1 amide bonds. The van der Waals surface area contributed by atoms with E-state index in [-0.39, 0.29) is 17.9 Å². The number of β-amino-alcohol motifs (C(OH)–C–C–N with tert-alkyl or cyclic N) is 1.